The molecule has 148 valence electrons. The molecule has 0 bridgehead atoms. The topological polar surface area (TPSA) is 4.93 Å². The highest BCUT2D eigenvalue weighted by Gasteiger charge is 2.35. The van der Waals surface area contributed by atoms with Gasteiger partial charge in [-0.25, -0.2) is 0 Å². The molecule has 31 heavy (non-hydrogen) atoms. The van der Waals surface area contributed by atoms with Crippen molar-refractivity contribution < 1.29 is 0 Å². The molecule has 0 radical (unpaired) electrons. The van der Waals surface area contributed by atoms with Crippen molar-refractivity contribution in [1.29, 1.82) is 0 Å². The standard InChI is InChI=1S/C29H21NS/c1-29(2)24-9-5-3-7-19(24)20-12-11-18(17-25(20)29)30-26-10-6-4-8-21(26)22-13-14-27-23(28(22)30)15-16-31-27/h3-17H,1-2H3. The van der Waals surface area contributed by atoms with E-state index in [4.69, 9.17) is 0 Å². The lowest BCUT2D eigenvalue weighted by Crippen LogP contribution is -2.15. The van der Waals surface area contributed by atoms with Gasteiger partial charge >= 0.3 is 0 Å². The van der Waals surface area contributed by atoms with Crippen molar-refractivity contribution in [1.82, 2.24) is 4.57 Å². The number of aromatic nitrogens is 1. The third-order valence-electron chi connectivity index (χ3n) is 7.09. The first kappa shape index (κ1) is 17.3. The Kier molecular flexibility index (Phi) is 3.28. The van der Waals surface area contributed by atoms with E-state index in [2.05, 4.69) is 109 Å². The molecule has 1 aliphatic carbocycles. The lowest BCUT2D eigenvalue weighted by atomic mass is 9.82. The molecule has 0 N–H and O–H groups in total. The Morgan fingerprint density at radius 3 is 2.42 bits per heavy atom. The van der Waals surface area contributed by atoms with Crippen LogP contribution in [0.15, 0.2) is 90.3 Å². The second-order valence-corrected chi connectivity index (χ2v) is 9.99. The minimum Gasteiger partial charge on any atom is -0.309 e. The molecular formula is C29H21NS. The Morgan fingerprint density at radius 1 is 0.677 bits per heavy atom. The molecule has 6 aromatic rings. The summed E-state index contributed by atoms with van der Waals surface area (Å²) < 4.78 is 3.81. The zero-order valence-electron chi connectivity index (χ0n) is 17.5. The van der Waals surface area contributed by atoms with E-state index < -0.39 is 0 Å². The fourth-order valence-corrected chi connectivity index (χ4v) is 6.39. The molecule has 2 heteroatoms. The van der Waals surface area contributed by atoms with Crippen LogP contribution in [0.4, 0.5) is 0 Å². The summed E-state index contributed by atoms with van der Waals surface area (Å²) in [6, 6.07) is 31.5. The number of benzene rings is 4. The summed E-state index contributed by atoms with van der Waals surface area (Å²) >= 11 is 1.81. The van der Waals surface area contributed by atoms with E-state index in [1.54, 1.807) is 0 Å². The maximum atomic E-state index is 2.47. The molecule has 0 aliphatic heterocycles. The Balaban J connectivity index is 1.60. The van der Waals surface area contributed by atoms with Gasteiger partial charge < -0.3 is 4.57 Å². The summed E-state index contributed by atoms with van der Waals surface area (Å²) in [7, 11) is 0. The maximum absolute atomic E-state index is 2.47. The van der Waals surface area contributed by atoms with Crippen molar-refractivity contribution in [3.63, 3.8) is 0 Å². The van der Waals surface area contributed by atoms with Crippen molar-refractivity contribution in [3.8, 4) is 16.8 Å². The van der Waals surface area contributed by atoms with Crippen molar-refractivity contribution >= 4 is 43.2 Å². The van der Waals surface area contributed by atoms with E-state index in [0.717, 1.165) is 0 Å². The monoisotopic (exact) mass is 415 g/mol. The molecule has 4 aromatic carbocycles. The van der Waals surface area contributed by atoms with Gasteiger partial charge in [-0.1, -0.05) is 68.4 Å². The highest BCUT2D eigenvalue weighted by molar-refractivity contribution is 7.17. The van der Waals surface area contributed by atoms with Crippen LogP contribution in [0, 0.1) is 0 Å². The van der Waals surface area contributed by atoms with Crippen molar-refractivity contribution in [2.24, 2.45) is 0 Å². The third-order valence-corrected chi connectivity index (χ3v) is 7.97. The average Bonchev–Trinajstić information content (AvgIpc) is 3.46. The molecule has 7 rings (SSSR count). The summed E-state index contributed by atoms with van der Waals surface area (Å²) in [4.78, 5) is 0. The fraction of sp³-hybridized carbons (Fsp3) is 0.103. The highest BCUT2D eigenvalue weighted by Crippen LogP contribution is 2.49. The zero-order chi connectivity index (χ0) is 20.7. The van der Waals surface area contributed by atoms with Gasteiger partial charge in [-0.15, -0.1) is 11.3 Å². The smallest absolute Gasteiger partial charge is 0.0627 e. The average molecular weight is 416 g/mol. The van der Waals surface area contributed by atoms with Gasteiger partial charge in [-0.3, -0.25) is 0 Å². The van der Waals surface area contributed by atoms with E-state index in [0.29, 0.717) is 0 Å². The number of nitrogens with zero attached hydrogens (tertiary/aromatic N) is 1. The Labute approximate surface area is 185 Å². The van der Waals surface area contributed by atoms with E-state index in [1.165, 1.54) is 59.8 Å². The lowest BCUT2D eigenvalue weighted by Gasteiger charge is -2.22. The van der Waals surface area contributed by atoms with Crippen LogP contribution in [-0.2, 0) is 5.41 Å². The second kappa shape index (κ2) is 5.87. The molecule has 1 aliphatic rings. The van der Waals surface area contributed by atoms with Gasteiger partial charge in [0.25, 0.3) is 0 Å². The fourth-order valence-electron chi connectivity index (χ4n) is 5.60. The predicted molar refractivity (Wildman–Crippen MR) is 134 cm³/mol. The molecular weight excluding hydrogens is 394 g/mol. The SMILES string of the molecule is CC1(C)c2ccccc2-c2ccc(-n3c4ccccc4c4ccc5sccc5c43)cc21. The van der Waals surface area contributed by atoms with Gasteiger partial charge in [0.15, 0.2) is 0 Å². The number of fused-ring (bicyclic) bond motifs is 8. The molecule has 0 amide bonds. The molecule has 1 nitrogen and oxygen atoms in total. The molecule has 0 saturated carbocycles. The van der Waals surface area contributed by atoms with Crippen molar-refractivity contribution in [2.75, 3.05) is 0 Å². The van der Waals surface area contributed by atoms with Gasteiger partial charge in [0.05, 0.1) is 11.0 Å². The molecule has 0 fully saturated rings. The van der Waals surface area contributed by atoms with Gasteiger partial charge in [-0.2, -0.15) is 0 Å². The molecule has 0 saturated heterocycles. The quantitative estimate of drug-likeness (QED) is 0.254. The van der Waals surface area contributed by atoms with Crippen LogP contribution in [0.5, 0.6) is 0 Å². The number of hydrogen-bond acceptors (Lipinski definition) is 1. The lowest BCUT2D eigenvalue weighted by molar-refractivity contribution is 0.660. The zero-order valence-corrected chi connectivity index (χ0v) is 18.3. The van der Waals surface area contributed by atoms with Gasteiger partial charge in [0, 0.05) is 32.0 Å². The minimum absolute atomic E-state index is 0.00159. The summed E-state index contributed by atoms with van der Waals surface area (Å²) in [6.45, 7) is 4.70. The molecule has 0 unspecified atom stereocenters. The summed E-state index contributed by atoms with van der Waals surface area (Å²) in [5, 5.41) is 6.18. The number of thiophene rings is 1. The molecule has 0 atom stereocenters. The molecule has 2 heterocycles. The van der Waals surface area contributed by atoms with E-state index >= 15 is 0 Å². The van der Waals surface area contributed by atoms with Crippen LogP contribution in [0.25, 0.3) is 48.7 Å². The summed E-state index contributed by atoms with van der Waals surface area (Å²) in [6.07, 6.45) is 0. The van der Waals surface area contributed by atoms with Crippen LogP contribution in [-0.4, -0.2) is 4.57 Å². The van der Waals surface area contributed by atoms with Crippen LogP contribution < -0.4 is 0 Å². The Morgan fingerprint density at radius 2 is 1.48 bits per heavy atom. The van der Waals surface area contributed by atoms with Gasteiger partial charge in [0.1, 0.15) is 0 Å². The summed E-state index contributed by atoms with van der Waals surface area (Å²) in [5.74, 6) is 0. The number of para-hydroxylation sites is 1. The van der Waals surface area contributed by atoms with E-state index in [9.17, 15) is 0 Å². The number of hydrogen-bond donors (Lipinski definition) is 0. The van der Waals surface area contributed by atoms with E-state index in [-0.39, 0.29) is 5.41 Å². The van der Waals surface area contributed by atoms with Crippen molar-refractivity contribution in [2.45, 2.75) is 19.3 Å². The molecule has 0 spiro atoms. The van der Waals surface area contributed by atoms with E-state index in [1.807, 2.05) is 11.3 Å². The maximum Gasteiger partial charge on any atom is 0.0627 e. The van der Waals surface area contributed by atoms with Crippen LogP contribution in [0.1, 0.15) is 25.0 Å². The van der Waals surface area contributed by atoms with Gasteiger partial charge in [0.2, 0.25) is 0 Å². The van der Waals surface area contributed by atoms with Crippen LogP contribution >= 0.6 is 11.3 Å². The van der Waals surface area contributed by atoms with Crippen LogP contribution in [0.3, 0.4) is 0 Å². The highest BCUT2D eigenvalue weighted by atomic mass is 32.1. The predicted octanol–water partition coefficient (Wildman–Crippen LogP) is 8.30. The minimum atomic E-state index is -0.00159. The molecule has 2 aromatic heterocycles. The van der Waals surface area contributed by atoms with Crippen LogP contribution in [0.2, 0.25) is 0 Å². The summed E-state index contributed by atoms with van der Waals surface area (Å²) in [5.41, 5.74) is 9.39. The number of rotatable bonds is 1. The largest absolute Gasteiger partial charge is 0.309 e. The first-order valence-electron chi connectivity index (χ1n) is 10.8. The first-order valence-corrected chi connectivity index (χ1v) is 11.7. The normalized spacial score (nSPS) is 14.4. The third kappa shape index (κ3) is 2.15. The first-order chi connectivity index (χ1) is 15.1. The Hall–Kier alpha value is -3.36. The Bertz CT molecular complexity index is 1660. The van der Waals surface area contributed by atoms with Gasteiger partial charge in [-0.05, 0) is 58.0 Å². The van der Waals surface area contributed by atoms with Crippen molar-refractivity contribution in [3.05, 3.63) is 101 Å². The second-order valence-electron chi connectivity index (χ2n) is 9.05.